The highest BCUT2D eigenvalue weighted by molar-refractivity contribution is 5.82. The number of rotatable bonds is 4. The van der Waals surface area contributed by atoms with Crippen LogP contribution in [0.25, 0.3) is 0 Å². The summed E-state index contributed by atoms with van der Waals surface area (Å²) in [5.74, 6) is 1.04. The van der Waals surface area contributed by atoms with Gasteiger partial charge in [-0.15, -0.1) is 0 Å². The van der Waals surface area contributed by atoms with Gasteiger partial charge in [-0.1, -0.05) is 12.8 Å². The summed E-state index contributed by atoms with van der Waals surface area (Å²) in [6.45, 7) is 0.594. The third kappa shape index (κ3) is 2.86. The smallest absolute Gasteiger partial charge is 0.240 e. The van der Waals surface area contributed by atoms with Gasteiger partial charge in [-0.25, -0.2) is 0 Å². The molecule has 0 aromatic heterocycles. The summed E-state index contributed by atoms with van der Waals surface area (Å²) >= 11 is 0. The van der Waals surface area contributed by atoms with Crippen molar-refractivity contribution >= 4 is 5.91 Å². The normalized spacial score (nSPS) is 34.1. The summed E-state index contributed by atoms with van der Waals surface area (Å²) in [6, 6.07) is 0.950. The number of amides is 1. The molecule has 2 N–H and O–H groups in total. The molecule has 3 fully saturated rings. The Labute approximate surface area is 121 Å². The molecule has 3 aliphatic rings. The Hall–Kier alpha value is -0.610. The molecule has 4 heteroatoms. The number of piperidine rings is 1. The Morgan fingerprint density at radius 2 is 1.85 bits per heavy atom. The molecule has 1 heterocycles. The van der Waals surface area contributed by atoms with E-state index in [0.717, 1.165) is 25.2 Å². The number of nitrogens with zero attached hydrogens (tertiary/aromatic N) is 1. The van der Waals surface area contributed by atoms with Crippen LogP contribution < -0.4 is 5.32 Å². The summed E-state index contributed by atoms with van der Waals surface area (Å²) in [5, 5.41) is 12.8. The van der Waals surface area contributed by atoms with Crippen LogP contribution in [0.15, 0.2) is 0 Å². The molecule has 114 valence electrons. The van der Waals surface area contributed by atoms with Crippen molar-refractivity contribution in [3.8, 4) is 0 Å². The number of hydrogen-bond donors (Lipinski definition) is 2. The van der Waals surface area contributed by atoms with Crippen LogP contribution in [0.3, 0.4) is 0 Å². The first-order valence-electron chi connectivity index (χ1n) is 8.47. The van der Waals surface area contributed by atoms with Crippen LogP contribution in [-0.2, 0) is 4.79 Å². The maximum absolute atomic E-state index is 12.7. The van der Waals surface area contributed by atoms with Gasteiger partial charge in [-0.05, 0) is 50.9 Å². The van der Waals surface area contributed by atoms with E-state index in [0.29, 0.717) is 18.6 Å². The zero-order valence-corrected chi connectivity index (χ0v) is 12.4. The maximum atomic E-state index is 12.7. The Balaban J connectivity index is 1.60. The van der Waals surface area contributed by atoms with Crippen LogP contribution >= 0.6 is 0 Å². The van der Waals surface area contributed by atoms with E-state index in [9.17, 15) is 9.90 Å². The predicted molar refractivity (Wildman–Crippen MR) is 78.3 cm³/mol. The highest BCUT2D eigenvalue weighted by Crippen LogP contribution is 2.33. The minimum absolute atomic E-state index is 0.00139. The first-order chi connectivity index (χ1) is 9.79. The van der Waals surface area contributed by atoms with Crippen LogP contribution in [0.4, 0.5) is 0 Å². The number of fused-ring (bicyclic) bond motifs is 1. The van der Waals surface area contributed by atoms with Crippen molar-refractivity contribution in [2.75, 3.05) is 13.2 Å². The van der Waals surface area contributed by atoms with Crippen molar-refractivity contribution in [3.63, 3.8) is 0 Å². The van der Waals surface area contributed by atoms with Gasteiger partial charge in [-0.3, -0.25) is 4.79 Å². The van der Waals surface area contributed by atoms with E-state index in [1.165, 1.54) is 38.5 Å². The highest BCUT2D eigenvalue weighted by atomic mass is 16.3. The van der Waals surface area contributed by atoms with Crippen molar-refractivity contribution in [2.45, 2.75) is 75.9 Å². The number of carbonyl (C=O) groups is 1. The van der Waals surface area contributed by atoms with Crippen molar-refractivity contribution in [2.24, 2.45) is 5.92 Å². The SMILES string of the molecule is O=C(C1CCC2CCCCC2N1)N(CCO)C1CCC1. The Morgan fingerprint density at radius 1 is 1.05 bits per heavy atom. The van der Waals surface area contributed by atoms with Gasteiger partial charge in [0.25, 0.3) is 0 Å². The molecule has 0 bridgehead atoms. The minimum Gasteiger partial charge on any atom is -0.395 e. The van der Waals surface area contributed by atoms with E-state index in [1.807, 2.05) is 4.90 Å². The molecule has 0 aromatic carbocycles. The van der Waals surface area contributed by atoms with Gasteiger partial charge in [0, 0.05) is 18.6 Å². The summed E-state index contributed by atoms with van der Waals surface area (Å²) < 4.78 is 0. The first-order valence-corrected chi connectivity index (χ1v) is 8.47. The Bertz CT molecular complexity index is 343. The molecule has 1 saturated heterocycles. The van der Waals surface area contributed by atoms with Gasteiger partial charge >= 0.3 is 0 Å². The molecular weight excluding hydrogens is 252 g/mol. The molecule has 3 unspecified atom stereocenters. The average molecular weight is 280 g/mol. The van der Waals surface area contributed by atoms with Crippen LogP contribution in [0, 0.1) is 5.92 Å². The second kappa shape index (κ2) is 6.44. The minimum atomic E-state index is 0.00139. The van der Waals surface area contributed by atoms with E-state index in [-0.39, 0.29) is 18.6 Å². The molecule has 3 rings (SSSR count). The Morgan fingerprint density at radius 3 is 2.55 bits per heavy atom. The highest BCUT2D eigenvalue weighted by Gasteiger charge is 2.38. The van der Waals surface area contributed by atoms with E-state index in [4.69, 9.17) is 0 Å². The predicted octanol–water partition coefficient (Wildman–Crippen LogP) is 1.67. The zero-order chi connectivity index (χ0) is 13.9. The standard InChI is InChI=1S/C16H28N2O2/c19-11-10-18(13-5-3-6-13)16(20)15-9-8-12-4-1-2-7-14(12)17-15/h12-15,17,19H,1-11H2. The molecule has 0 aromatic rings. The van der Waals surface area contributed by atoms with Crippen molar-refractivity contribution in [1.29, 1.82) is 0 Å². The van der Waals surface area contributed by atoms with Crippen LogP contribution in [-0.4, -0.2) is 47.2 Å². The summed E-state index contributed by atoms with van der Waals surface area (Å²) in [4.78, 5) is 14.7. The number of nitrogens with one attached hydrogen (secondary N) is 1. The van der Waals surface area contributed by atoms with Gasteiger partial charge in [0.05, 0.1) is 12.6 Å². The third-order valence-corrected chi connectivity index (χ3v) is 5.59. The molecule has 20 heavy (non-hydrogen) atoms. The van der Waals surface area contributed by atoms with E-state index >= 15 is 0 Å². The summed E-state index contributed by atoms with van der Waals surface area (Å²) in [5.41, 5.74) is 0. The molecule has 1 amide bonds. The molecule has 2 saturated carbocycles. The quantitative estimate of drug-likeness (QED) is 0.823. The van der Waals surface area contributed by atoms with E-state index < -0.39 is 0 Å². The fraction of sp³-hybridized carbons (Fsp3) is 0.938. The zero-order valence-electron chi connectivity index (χ0n) is 12.4. The number of aliphatic hydroxyl groups is 1. The second-order valence-electron chi connectivity index (χ2n) is 6.79. The van der Waals surface area contributed by atoms with E-state index in [2.05, 4.69) is 5.32 Å². The first kappa shape index (κ1) is 14.3. The van der Waals surface area contributed by atoms with Gasteiger partial charge in [0.15, 0.2) is 0 Å². The average Bonchev–Trinajstić information content (AvgIpc) is 2.43. The molecule has 2 aliphatic carbocycles. The topological polar surface area (TPSA) is 52.6 Å². The van der Waals surface area contributed by atoms with Gasteiger partial charge in [0.1, 0.15) is 0 Å². The number of carbonyl (C=O) groups excluding carboxylic acids is 1. The lowest BCUT2D eigenvalue weighted by atomic mass is 9.77. The lowest BCUT2D eigenvalue weighted by Crippen LogP contribution is -2.58. The monoisotopic (exact) mass is 280 g/mol. The number of hydrogen-bond acceptors (Lipinski definition) is 3. The van der Waals surface area contributed by atoms with Crippen LogP contribution in [0.2, 0.25) is 0 Å². The van der Waals surface area contributed by atoms with Crippen LogP contribution in [0.1, 0.15) is 57.8 Å². The molecular formula is C16H28N2O2. The van der Waals surface area contributed by atoms with Crippen molar-refractivity contribution in [3.05, 3.63) is 0 Å². The van der Waals surface area contributed by atoms with Gasteiger partial charge < -0.3 is 15.3 Å². The van der Waals surface area contributed by atoms with Gasteiger partial charge in [0.2, 0.25) is 5.91 Å². The summed E-state index contributed by atoms with van der Waals surface area (Å²) in [7, 11) is 0. The fourth-order valence-electron chi connectivity index (χ4n) is 4.17. The van der Waals surface area contributed by atoms with Crippen molar-refractivity contribution in [1.82, 2.24) is 10.2 Å². The largest absolute Gasteiger partial charge is 0.395 e. The fourth-order valence-corrected chi connectivity index (χ4v) is 4.17. The summed E-state index contributed by atoms with van der Waals surface area (Å²) in [6.07, 6.45) is 10.9. The Kier molecular flexibility index (Phi) is 4.61. The van der Waals surface area contributed by atoms with Crippen LogP contribution in [0.5, 0.6) is 0 Å². The molecule has 0 spiro atoms. The molecule has 1 aliphatic heterocycles. The van der Waals surface area contributed by atoms with E-state index in [1.54, 1.807) is 0 Å². The molecule has 0 radical (unpaired) electrons. The van der Waals surface area contributed by atoms with Gasteiger partial charge in [-0.2, -0.15) is 0 Å². The molecule has 4 nitrogen and oxygen atoms in total. The lowest BCUT2D eigenvalue weighted by molar-refractivity contribution is -0.139. The molecule has 3 atom stereocenters. The second-order valence-corrected chi connectivity index (χ2v) is 6.79. The number of aliphatic hydroxyl groups excluding tert-OH is 1. The van der Waals surface area contributed by atoms with Crippen molar-refractivity contribution < 1.29 is 9.90 Å². The maximum Gasteiger partial charge on any atom is 0.240 e. The lowest BCUT2D eigenvalue weighted by Gasteiger charge is -2.44. The third-order valence-electron chi connectivity index (χ3n) is 5.59.